The van der Waals surface area contributed by atoms with Gasteiger partial charge < -0.3 is 10.1 Å². The first-order valence-electron chi connectivity index (χ1n) is 6.37. The first-order valence-corrected chi connectivity index (χ1v) is 7.83. The van der Waals surface area contributed by atoms with E-state index in [1.54, 1.807) is 0 Å². The van der Waals surface area contributed by atoms with Gasteiger partial charge in [0.2, 0.25) is 0 Å². The molecule has 0 aliphatic carbocycles. The summed E-state index contributed by atoms with van der Waals surface area (Å²) in [5, 5.41) is 0. The molecule has 0 radical (unpaired) electrons. The van der Waals surface area contributed by atoms with E-state index < -0.39 is 0 Å². The molecule has 2 atom stereocenters. The van der Waals surface area contributed by atoms with Gasteiger partial charge in [0.25, 0.3) is 0 Å². The van der Waals surface area contributed by atoms with E-state index in [2.05, 4.69) is 31.7 Å². The average molecular weight is 284 g/mol. The van der Waals surface area contributed by atoms with Gasteiger partial charge in [0.05, 0.1) is 0 Å². The monoisotopic (exact) mass is 284 g/mol. The molecule has 18 heavy (non-hydrogen) atoms. The van der Waals surface area contributed by atoms with E-state index in [1.165, 1.54) is 12.8 Å². The van der Waals surface area contributed by atoms with E-state index in [1.807, 2.05) is 28.7 Å². The number of nitrogens with zero attached hydrogens (tertiary/aromatic N) is 3. The highest BCUT2D eigenvalue weighted by atomic mass is 32.2. The summed E-state index contributed by atoms with van der Waals surface area (Å²) in [6.45, 7) is 3.26. The maximum atomic E-state index is 6.18. The van der Waals surface area contributed by atoms with Crippen LogP contribution in [0.25, 0.3) is 0 Å². The molecule has 1 aliphatic heterocycles. The van der Waals surface area contributed by atoms with Gasteiger partial charge in [0.1, 0.15) is 11.9 Å². The van der Waals surface area contributed by atoms with Crippen LogP contribution in [0.5, 0.6) is 0 Å². The number of rotatable bonds is 5. The minimum atomic E-state index is 0.105. The summed E-state index contributed by atoms with van der Waals surface area (Å²) < 4.78 is 4.35. The molecule has 6 heteroatoms. The van der Waals surface area contributed by atoms with Crippen molar-refractivity contribution in [3.05, 3.63) is 30.0 Å². The summed E-state index contributed by atoms with van der Waals surface area (Å²) in [5.41, 5.74) is 7.09. The average Bonchev–Trinajstić information content (AvgIpc) is 2.76. The minimum absolute atomic E-state index is 0.105. The highest BCUT2D eigenvalue weighted by Crippen LogP contribution is 2.34. The number of hydrogen-bond donors (Lipinski definition) is 1. The van der Waals surface area contributed by atoms with Crippen LogP contribution >= 0.6 is 21.3 Å². The SMILES string of the molecule is CCCCSN1CCC=C(N)C1c1nccn1P. The molecule has 100 valence electrons. The van der Waals surface area contributed by atoms with Crippen LogP contribution in [0.2, 0.25) is 0 Å². The number of nitrogens with two attached hydrogens (primary N) is 1. The van der Waals surface area contributed by atoms with E-state index in [9.17, 15) is 0 Å². The second-order valence-electron chi connectivity index (χ2n) is 4.42. The molecule has 0 saturated carbocycles. The molecule has 2 rings (SSSR count). The van der Waals surface area contributed by atoms with E-state index in [0.717, 1.165) is 30.2 Å². The van der Waals surface area contributed by atoms with Gasteiger partial charge in [-0.25, -0.2) is 9.29 Å². The zero-order valence-corrected chi connectivity index (χ0v) is 12.7. The van der Waals surface area contributed by atoms with Crippen LogP contribution in [0.1, 0.15) is 38.1 Å². The van der Waals surface area contributed by atoms with Crippen LogP contribution in [0.15, 0.2) is 24.2 Å². The normalized spacial score (nSPS) is 21.0. The Morgan fingerprint density at radius 2 is 2.44 bits per heavy atom. The highest BCUT2D eigenvalue weighted by Gasteiger charge is 2.28. The van der Waals surface area contributed by atoms with Crippen molar-refractivity contribution in [3.8, 4) is 0 Å². The molecule has 0 fully saturated rings. The van der Waals surface area contributed by atoms with E-state index >= 15 is 0 Å². The Balaban J connectivity index is 2.13. The molecule has 1 aliphatic rings. The summed E-state index contributed by atoms with van der Waals surface area (Å²) in [6, 6.07) is 0.105. The highest BCUT2D eigenvalue weighted by molar-refractivity contribution is 7.97. The molecule has 2 heterocycles. The standard InChI is InChI=1S/C12H21N4PS/c1-2-3-9-18-16-7-4-5-10(13)11(16)12-14-6-8-15(12)17/h5-6,8,11H,2-4,7,9,13,17H2,1H3. The van der Waals surface area contributed by atoms with Crippen molar-refractivity contribution in [3.63, 3.8) is 0 Å². The lowest BCUT2D eigenvalue weighted by atomic mass is 10.1. The molecule has 0 aromatic carbocycles. The topological polar surface area (TPSA) is 47.1 Å². The van der Waals surface area contributed by atoms with Crippen LogP contribution < -0.4 is 5.73 Å². The Hall–Kier alpha value is -0.510. The fourth-order valence-corrected chi connectivity index (χ4v) is 3.58. The van der Waals surface area contributed by atoms with Crippen molar-refractivity contribution in [1.29, 1.82) is 0 Å². The van der Waals surface area contributed by atoms with Crippen molar-refractivity contribution < 1.29 is 0 Å². The van der Waals surface area contributed by atoms with Crippen LogP contribution in [0.4, 0.5) is 0 Å². The van der Waals surface area contributed by atoms with Gasteiger partial charge in [-0.3, -0.25) is 0 Å². The number of hydrogen-bond acceptors (Lipinski definition) is 4. The van der Waals surface area contributed by atoms with Crippen LogP contribution in [0.3, 0.4) is 0 Å². The van der Waals surface area contributed by atoms with Crippen LogP contribution in [0, 0.1) is 0 Å². The molecule has 4 nitrogen and oxygen atoms in total. The fraction of sp³-hybridized carbons (Fsp3) is 0.583. The zero-order chi connectivity index (χ0) is 13.0. The Labute approximate surface area is 115 Å². The lowest BCUT2D eigenvalue weighted by Crippen LogP contribution is -2.33. The molecular weight excluding hydrogens is 263 g/mol. The molecule has 1 aromatic heterocycles. The van der Waals surface area contributed by atoms with Gasteiger partial charge in [0, 0.05) is 30.4 Å². The maximum Gasteiger partial charge on any atom is 0.135 e. The molecule has 0 amide bonds. The summed E-state index contributed by atoms with van der Waals surface area (Å²) >= 11 is 1.89. The van der Waals surface area contributed by atoms with E-state index in [-0.39, 0.29) is 6.04 Å². The molecular formula is C12H21N4PS. The zero-order valence-electron chi connectivity index (χ0n) is 10.7. The summed E-state index contributed by atoms with van der Waals surface area (Å²) in [7, 11) is 2.67. The van der Waals surface area contributed by atoms with Gasteiger partial charge in [0.15, 0.2) is 0 Å². The second-order valence-corrected chi connectivity index (χ2v) is 6.11. The Kier molecular flexibility index (Phi) is 5.10. The van der Waals surface area contributed by atoms with Gasteiger partial charge in [-0.15, -0.1) is 0 Å². The molecule has 0 saturated heterocycles. The van der Waals surface area contributed by atoms with Crippen molar-refractivity contribution >= 4 is 21.3 Å². The largest absolute Gasteiger partial charge is 0.401 e. The van der Waals surface area contributed by atoms with Crippen molar-refractivity contribution in [1.82, 2.24) is 13.6 Å². The van der Waals surface area contributed by atoms with Crippen LogP contribution in [-0.2, 0) is 0 Å². The Morgan fingerprint density at radius 1 is 1.61 bits per heavy atom. The quantitative estimate of drug-likeness (QED) is 0.513. The molecule has 2 N–H and O–H groups in total. The Morgan fingerprint density at radius 3 is 3.11 bits per heavy atom. The third-order valence-electron chi connectivity index (χ3n) is 3.03. The first-order chi connectivity index (χ1) is 8.74. The van der Waals surface area contributed by atoms with Gasteiger partial charge in [-0.1, -0.05) is 31.4 Å². The lowest BCUT2D eigenvalue weighted by molar-refractivity contribution is 0.369. The lowest BCUT2D eigenvalue weighted by Gasteiger charge is -2.33. The molecule has 0 spiro atoms. The second kappa shape index (κ2) is 6.60. The van der Waals surface area contributed by atoms with Gasteiger partial charge in [-0.05, 0) is 22.2 Å². The van der Waals surface area contributed by atoms with Crippen molar-refractivity contribution in [2.45, 2.75) is 32.2 Å². The molecule has 2 unspecified atom stereocenters. The summed E-state index contributed by atoms with van der Waals surface area (Å²) in [6.07, 6.45) is 9.39. The number of unbranched alkanes of at least 4 members (excludes halogenated alkanes) is 1. The first kappa shape index (κ1) is 13.9. The predicted molar refractivity (Wildman–Crippen MR) is 81.0 cm³/mol. The number of aromatic nitrogens is 2. The minimum Gasteiger partial charge on any atom is -0.401 e. The number of imidazole rings is 1. The summed E-state index contributed by atoms with van der Waals surface area (Å²) in [4.78, 5) is 4.43. The summed E-state index contributed by atoms with van der Waals surface area (Å²) in [5.74, 6) is 2.15. The Bertz CT molecular complexity index is 418. The third-order valence-corrected chi connectivity index (χ3v) is 4.66. The molecule has 0 bridgehead atoms. The van der Waals surface area contributed by atoms with Gasteiger partial charge >= 0.3 is 0 Å². The maximum absolute atomic E-state index is 6.18. The van der Waals surface area contributed by atoms with E-state index in [4.69, 9.17) is 5.73 Å². The van der Waals surface area contributed by atoms with Crippen molar-refractivity contribution in [2.24, 2.45) is 5.73 Å². The smallest absolute Gasteiger partial charge is 0.135 e. The van der Waals surface area contributed by atoms with Crippen LogP contribution in [-0.4, -0.2) is 25.9 Å². The van der Waals surface area contributed by atoms with E-state index in [0.29, 0.717) is 0 Å². The third kappa shape index (κ3) is 3.08. The fourth-order valence-electron chi connectivity index (χ4n) is 2.04. The predicted octanol–water partition coefficient (Wildman–Crippen LogP) is 2.56. The van der Waals surface area contributed by atoms with Gasteiger partial charge in [-0.2, -0.15) is 0 Å². The molecule has 1 aromatic rings. The van der Waals surface area contributed by atoms with Crippen molar-refractivity contribution in [2.75, 3.05) is 12.3 Å².